The van der Waals surface area contributed by atoms with Crippen LogP contribution in [0.4, 0.5) is 0 Å². The van der Waals surface area contributed by atoms with Crippen LogP contribution < -0.4 is 5.32 Å². The maximum atomic E-state index is 12.1. The van der Waals surface area contributed by atoms with E-state index in [2.05, 4.69) is 29.6 Å². The molecule has 1 N–H and O–H groups in total. The largest absolute Gasteiger partial charge is 0.381 e. The van der Waals surface area contributed by atoms with Crippen molar-refractivity contribution < 1.29 is 9.53 Å². The summed E-state index contributed by atoms with van der Waals surface area (Å²) in [5.74, 6) is 0.287. The predicted octanol–water partition coefficient (Wildman–Crippen LogP) is 1.60. The number of carbonyl (C=O) groups is 1. The van der Waals surface area contributed by atoms with E-state index in [-0.39, 0.29) is 5.91 Å². The highest BCUT2D eigenvalue weighted by Crippen LogP contribution is 2.15. The highest BCUT2D eigenvalue weighted by Gasteiger charge is 2.30. The topological polar surface area (TPSA) is 41.6 Å². The minimum atomic E-state index is 0.287. The fraction of sp³-hybridized carbons (Fsp3) is 0.588. The molecule has 0 radical (unpaired) electrons. The molecule has 4 nitrogen and oxygen atoms in total. The number of likely N-dealkylation sites (tertiary alicyclic amines) is 1. The Labute approximate surface area is 126 Å². The van der Waals surface area contributed by atoms with Crippen LogP contribution in [0.5, 0.6) is 0 Å². The van der Waals surface area contributed by atoms with Gasteiger partial charge in [-0.2, -0.15) is 0 Å². The van der Waals surface area contributed by atoms with E-state index in [1.165, 1.54) is 5.56 Å². The number of rotatable bonds is 5. The lowest BCUT2D eigenvalue weighted by Crippen LogP contribution is -2.43. The molecule has 4 heteroatoms. The zero-order chi connectivity index (χ0) is 14.5. The third-order valence-corrected chi connectivity index (χ3v) is 4.42. The number of nitrogens with one attached hydrogen (secondary N) is 1. The summed E-state index contributed by atoms with van der Waals surface area (Å²) in [4.78, 5) is 14.1. The number of carbonyl (C=O) groups excluding carboxylic acids is 1. The van der Waals surface area contributed by atoms with Gasteiger partial charge >= 0.3 is 0 Å². The normalized spacial score (nSPS) is 23.7. The highest BCUT2D eigenvalue weighted by atomic mass is 16.5. The van der Waals surface area contributed by atoms with Crippen LogP contribution in [-0.4, -0.2) is 49.2 Å². The minimum absolute atomic E-state index is 0.287. The van der Waals surface area contributed by atoms with Crippen molar-refractivity contribution in [1.29, 1.82) is 0 Å². The predicted molar refractivity (Wildman–Crippen MR) is 82.1 cm³/mol. The van der Waals surface area contributed by atoms with Crippen LogP contribution in [0.3, 0.4) is 0 Å². The summed E-state index contributed by atoms with van der Waals surface area (Å²) in [6.07, 6.45) is 3.71. The van der Waals surface area contributed by atoms with E-state index < -0.39 is 0 Å². The smallest absolute Gasteiger partial charge is 0.224 e. The van der Waals surface area contributed by atoms with Crippen LogP contribution in [0, 0.1) is 0 Å². The van der Waals surface area contributed by atoms with Gasteiger partial charge in [0.05, 0.1) is 0 Å². The van der Waals surface area contributed by atoms with Crippen LogP contribution in [0.1, 0.15) is 24.8 Å². The van der Waals surface area contributed by atoms with Crippen molar-refractivity contribution in [3.8, 4) is 0 Å². The SMILES string of the molecule is O=C1CC(NC2CCOCC2)CN1CCc1ccccc1. The van der Waals surface area contributed by atoms with Crippen molar-refractivity contribution in [3.63, 3.8) is 0 Å². The second-order valence-corrected chi connectivity index (χ2v) is 6.03. The molecular weight excluding hydrogens is 264 g/mol. The second kappa shape index (κ2) is 7.05. The molecule has 2 aliphatic heterocycles. The van der Waals surface area contributed by atoms with Crippen LogP contribution in [0.2, 0.25) is 0 Å². The van der Waals surface area contributed by atoms with Crippen LogP contribution >= 0.6 is 0 Å². The van der Waals surface area contributed by atoms with Crippen molar-refractivity contribution in [2.75, 3.05) is 26.3 Å². The van der Waals surface area contributed by atoms with Crippen molar-refractivity contribution >= 4 is 5.91 Å². The van der Waals surface area contributed by atoms with E-state index in [1.807, 2.05) is 11.0 Å². The summed E-state index contributed by atoms with van der Waals surface area (Å²) < 4.78 is 5.38. The summed E-state index contributed by atoms with van der Waals surface area (Å²) in [7, 11) is 0. The van der Waals surface area contributed by atoms with E-state index in [0.717, 1.165) is 45.6 Å². The number of nitrogens with zero attached hydrogens (tertiary/aromatic N) is 1. The Balaban J connectivity index is 1.45. The van der Waals surface area contributed by atoms with Crippen molar-refractivity contribution in [2.24, 2.45) is 0 Å². The average Bonchev–Trinajstić information content (AvgIpc) is 2.87. The van der Waals surface area contributed by atoms with Gasteiger partial charge in [0.2, 0.25) is 5.91 Å². The molecule has 0 saturated carbocycles. The molecule has 1 aromatic rings. The van der Waals surface area contributed by atoms with Gasteiger partial charge < -0.3 is 15.0 Å². The Hall–Kier alpha value is -1.39. The average molecular weight is 288 g/mol. The van der Waals surface area contributed by atoms with Gasteiger partial charge in [0.15, 0.2) is 0 Å². The molecule has 114 valence electrons. The third-order valence-electron chi connectivity index (χ3n) is 4.42. The van der Waals surface area contributed by atoms with Gasteiger partial charge in [-0.05, 0) is 24.8 Å². The van der Waals surface area contributed by atoms with Crippen LogP contribution in [0.15, 0.2) is 30.3 Å². The van der Waals surface area contributed by atoms with Gasteiger partial charge in [-0.1, -0.05) is 30.3 Å². The number of ether oxygens (including phenoxy) is 1. The second-order valence-electron chi connectivity index (χ2n) is 6.03. The van der Waals surface area contributed by atoms with Crippen LogP contribution in [0.25, 0.3) is 0 Å². The molecule has 2 heterocycles. The number of hydrogen-bond acceptors (Lipinski definition) is 3. The van der Waals surface area contributed by atoms with E-state index >= 15 is 0 Å². The Bertz CT molecular complexity index is 457. The van der Waals surface area contributed by atoms with Gasteiger partial charge in [0, 0.05) is 44.8 Å². The van der Waals surface area contributed by atoms with Gasteiger partial charge in [-0.15, -0.1) is 0 Å². The maximum Gasteiger partial charge on any atom is 0.224 e. The highest BCUT2D eigenvalue weighted by molar-refractivity contribution is 5.79. The maximum absolute atomic E-state index is 12.1. The first-order chi connectivity index (χ1) is 10.3. The number of benzene rings is 1. The molecule has 0 aliphatic carbocycles. The molecule has 1 aromatic carbocycles. The molecule has 1 unspecified atom stereocenters. The van der Waals surface area contributed by atoms with E-state index in [0.29, 0.717) is 18.5 Å². The quantitative estimate of drug-likeness (QED) is 0.895. The first-order valence-electron chi connectivity index (χ1n) is 7.97. The first-order valence-corrected chi connectivity index (χ1v) is 7.97. The first kappa shape index (κ1) is 14.5. The van der Waals surface area contributed by atoms with E-state index in [4.69, 9.17) is 4.74 Å². The number of hydrogen-bond donors (Lipinski definition) is 1. The van der Waals surface area contributed by atoms with Crippen molar-refractivity contribution in [2.45, 2.75) is 37.8 Å². The zero-order valence-electron chi connectivity index (χ0n) is 12.5. The van der Waals surface area contributed by atoms with Gasteiger partial charge in [0.25, 0.3) is 0 Å². The summed E-state index contributed by atoms with van der Waals surface area (Å²) in [6.45, 7) is 3.37. The summed E-state index contributed by atoms with van der Waals surface area (Å²) >= 11 is 0. The molecule has 1 amide bonds. The van der Waals surface area contributed by atoms with Gasteiger partial charge in [-0.25, -0.2) is 0 Å². The Morgan fingerprint density at radius 2 is 1.90 bits per heavy atom. The monoisotopic (exact) mass is 288 g/mol. The van der Waals surface area contributed by atoms with E-state index in [1.54, 1.807) is 0 Å². The van der Waals surface area contributed by atoms with Gasteiger partial charge in [0.1, 0.15) is 0 Å². The molecule has 3 rings (SSSR count). The lowest BCUT2D eigenvalue weighted by atomic mass is 10.1. The third kappa shape index (κ3) is 4.05. The fourth-order valence-electron chi connectivity index (χ4n) is 3.21. The molecule has 2 aliphatic rings. The fourth-order valence-corrected chi connectivity index (χ4v) is 3.21. The Kier molecular flexibility index (Phi) is 4.88. The molecule has 21 heavy (non-hydrogen) atoms. The van der Waals surface area contributed by atoms with Crippen LogP contribution in [-0.2, 0) is 16.0 Å². The molecular formula is C17H24N2O2. The number of amides is 1. The molecule has 2 fully saturated rings. The Morgan fingerprint density at radius 3 is 2.67 bits per heavy atom. The lowest BCUT2D eigenvalue weighted by molar-refractivity contribution is -0.127. The summed E-state index contributed by atoms with van der Waals surface area (Å²) in [6, 6.07) is 11.2. The van der Waals surface area contributed by atoms with Gasteiger partial charge in [-0.3, -0.25) is 4.79 Å². The zero-order valence-corrected chi connectivity index (χ0v) is 12.5. The Morgan fingerprint density at radius 1 is 1.14 bits per heavy atom. The standard InChI is InChI=1S/C17H24N2O2/c20-17-12-16(18-15-7-10-21-11-8-15)13-19(17)9-6-14-4-2-1-3-5-14/h1-5,15-16,18H,6-13H2. The molecule has 0 spiro atoms. The molecule has 0 bridgehead atoms. The molecule has 2 saturated heterocycles. The molecule has 1 atom stereocenters. The summed E-state index contributed by atoms with van der Waals surface area (Å²) in [5, 5.41) is 3.63. The minimum Gasteiger partial charge on any atom is -0.381 e. The summed E-state index contributed by atoms with van der Waals surface area (Å²) in [5.41, 5.74) is 1.30. The van der Waals surface area contributed by atoms with Crippen molar-refractivity contribution in [3.05, 3.63) is 35.9 Å². The lowest BCUT2D eigenvalue weighted by Gasteiger charge is -2.26. The molecule has 0 aromatic heterocycles. The van der Waals surface area contributed by atoms with Crippen molar-refractivity contribution in [1.82, 2.24) is 10.2 Å². The van der Waals surface area contributed by atoms with E-state index in [9.17, 15) is 4.79 Å².